The van der Waals surface area contributed by atoms with Crippen molar-refractivity contribution in [1.29, 1.82) is 0 Å². The van der Waals surface area contributed by atoms with Gasteiger partial charge in [-0.05, 0) is 31.2 Å². The van der Waals surface area contributed by atoms with Crippen molar-refractivity contribution in [1.82, 2.24) is 4.90 Å². The standard InChI is InChI=1S/C26H27N3O2/c1-20-12-14-23(15-13-20)27-25(30)24(21-8-4-2-5-9-21)28-16-18-29(19-17-28)26(31)22-10-6-3-7-11-22/h2-15,24H,16-19H2,1H3,(H,27,30)/p+1/t24-/m1/s1. The lowest BCUT2D eigenvalue weighted by Crippen LogP contribution is -3.16. The number of nitrogens with one attached hydrogen (secondary N) is 2. The van der Waals surface area contributed by atoms with Crippen LogP contribution in [0.4, 0.5) is 5.69 Å². The number of hydrogen-bond acceptors (Lipinski definition) is 2. The zero-order valence-corrected chi connectivity index (χ0v) is 17.8. The number of nitrogens with zero attached hydrogens (tertiary/aromatic N) is 1. The first-order valence-corrected chi connectivity index (χ1v) is 10.7. The molecule has 5 heteroatoms. The van der Waals surface area contributed by atoms with E-state index >= 15 is 0 Å². The molecule has 0 bridgehead atoms. The minimum atomic E-state index is -0.323. The first kappa shape index (κ1) is 20.8. The number of carbonyl (C=O) groups is 2. The van der Waals surface area contributed by atoms with Crippen molar-refractivity contribution in [3.63, 3.8) is 0 Å². The summed E-state index contributed by atoms with van der Waals surface area (Å²) in [6.07, 6.45) is 0. The predicted octanol–water partition coefficient (Wildman–Crippen LogP) is 2.72. The number of quaternary nitrogens is 1. The minimum absolute atomic E-state index is 0.0205. The largest absolute Gasteiger partial charge is 0.327 e. The van der Waals surface area contributed by atoms with E-state index in [1.54, 1.807) is 0 Å². The molecule has 0 saturated carbocycles. The number of aryl methyl sites for hydroxylation is 1. The van der Waals surface area contributed by atoms with Crippen LogP contribution in [0, 0.1) is 6.92 Å². The number of anilines is 1. The van der Waals surface area contributed by atoms with Crippen molar-refractivity contribution in [3.05, 3.63) is 102 Å². The third kappa shape index (κ3) is 5.01. The molecule has 31 heavy (non-hydrogen) atoms. The van der Waals surface area contributed by atoms with E-state index < -0.39 is 0 Å². The van der Waals surface area contributed by atoms with Crippen molar-refractivity contribution < 1.29 is 14.5 Å². The second-order valence-corrected chi connectivity index (χ2v) is 8.02. The topological polar surface area (TPSA) is 53.9 Å². The number of rotatable bonds is 5. The maximum atomic E-state index is 13.3. The second kappa shape index (κ2) is 9.58. The van der Waals surface area contributed by atoms with Crippen LogP contribution in [0.15, 0.2) is 84.9 Å². The van der Waals surface area contributed by atoms with Crippen LogP contribution in [0.25, 0.3) is 0 Å². The van der Waals surface area contributed by atoms with E-state index in [9.17, 15) is 9.59 Å². The van der Waals surface area contributed by atoms with E-state index in [2.05, 4.69) is 5.32 Å². The van der Waals surface area contributed by atoms with Gasteiger partial charge in [0.05, 0.1) is 26.2 Å². The molecule has 1 aliphatic heterocycles. The Kier molecular flexibility index (Phi) is 6.43. The summed E-state index contributed by atoms with van der Waals surface area (Å²) in [5.74, 6) is 0.0351. The Morgan fingerprint density at radius 1 is 0.839 bits per heavy atom. The summed E-state index contributed by atoms with van der Waals surface area (Å²) in [6.45, 7) is 4.73. The van der Waals surface area contributed by atoms with Gasteiger partial charge in [-0.25, -0.2) is 0 Å². The fourth-order valence-electron chi connectivity index (χ4n) is 4.12. The summed E-state index contributed by atoms with van der Waals surface area (Å²) < 4.78 is 0. The van der Waals surface area contributed by atoms with Crippen LogP contribution in [0.5, 0.6) is 0 Å². The Balaban J connectivity index is 1.48. The van der Waals surface area contributed by atoms with Crippen LogP contribution in [-0.2, 0) is 4.79 Å². The molecule has 1 heterocycles. The number of piperazine rings is 1. The Morgan fingerprint density at radius 2 is 1.42 bits per heavy atom. The zero-order chi connectivity index (χ0) is 21.6. The molecule has 0 aromatic heterocycles. The van der Waals surface area contributed by atoms with Gasteiger partial charge in [0.2, 0.25) is 0 Å². The van der Waals surface area contributed by atoms with Gasteiger partial charge in [-0.1, -0.05) is 66.2 Å². The molecule has 1 atom stereocenters. The molecular formula is C26H28N3O2+. The van der Waals surface area contributed by atoms with Crippen LogP contribution in [-0.4, -0.2) is 42.9 Å². The number of benzene rings is 3. The Hall–Kier alpha value is -3.44. The van der Waals surface area contributed by atoms with E-state index in [0.717, 1.165) is 29.9 Å². The van der Waals surface area contributed by atoms with Gasteiger partial charge in [-0.15, -0.1) is 0 Å². The van der Waals surface area contributed by atoms with E-state index in [4.69, 9.17) is 0 Å². The average molecular weight is 415 g/mol. The first-order valence-electron chi connectivity index (χ1n) is 10.7. The molecule has 0 radical (unpaired) electrons. The monoisotopic (exact) mass is 414 g/mol. The smallest absolute Gasteiger partial charge is 0.287 e. The molecule has 4 rings (SSSR count). The first-order chi connectivity index (χ1) is 15.1. The highest BCUT2D eigenvalue weighted by atomic mass is 16.2. The lowest BCUT2D eigenvalue weighted by Gasteiger charge is -2.36. The highest BCUT2D eigenvalue weighted by molar-refractivity contribution is 5.95. The molecule has 2 N–H and O–H groups in total. The molecule has 5 nitrogen and oxygen atoms in total. The number of carbonyl (C=O) groups excluding carboxylic acids is 2. The Bertz CT molecular complexity index is 1010. The second-order valence-electron chi connectivity index (χ2n) is 8.02. The minimum Gasteiger partial charge on any atom is -0.327 e. The molecule has 0 aliphatic carbocycles. The fraction of sp³-hybridized carbons (Fsp3) is 0.231. The van der Waals surface area contributed by atoms with Crippen molar-refractivity contribution in [2.24, 2.45) is 0 Å². The third-order valence-corrected chi connectivity index (χ3v) is 5.84. The molecular weight excluding hydrogens is 386 g/mol. The van der Waals surface area contributed by atoms with Crippen molar-refractivity contribution in [2.75, 3.05) is 31.5 Å². The van der Waals surface area contributed by atoms with Gasteiger partial charge in [0, 0.05) is 16.8 Å². The molecule has 1 fully saturated rings. The molecule has 0 unspecified atom stereocenters. The zero-order valence-electron chi connectivity index (χ0n) is 17.8. The highest BCUT2D eigenvalue weighted by Gasteiger charge is 2.35. The van der Waals surface area contributed by atoms with Crippen LogP contribution in [0.1, 0.15) is 27.5 Å². The quantitative estimate of drug-likeness (QED) is 0.675. The fourth-order valence-corrected chi connectivity index (χ4v) is 4.12. The summed E-state index contributed by atoms with van der Waals surface area (Å²) in [5.41, 5.74) is 3.66. The Labute approximate surface area is 183 Å². The molecule has 1 aliphatic rings. The lowest BCUT2D eigenvalue weighted by molar-refractivity contribution is -0.925. The van der Waals surface area contributed by atoms with E-state index in [1.165, 1.54) is 4.90 Å². The summed E-state index contributed by atoms with van der Waals surface area (Å²) in [4.78, 5) is 29.2. The molecule has 1 saturated heterocycles. The van der Waals surface area contributed by atoms with Gasteiger partial charge in [0.15, 0.2) is 6.04 Å². The predicted molar refractivity (Wildman–Crippen MR) is 122 cm³/mol. The SMILES string of the molecule is Cc1ccc(NC(=O)[C@@H](c2ccccc2)[NH+]2CCN(C(=O)c3ccccc3)CC2)cc1. The number of hydrogen-bond donors (Lipinski definition) is 2. The molecule has 158 valence electrons. The van der Waals surface area contributed by atoms with Gasteiger partial charge in [0.25, 0.3) is 11.8 Å². The van der Waals surface area contributed by atoms with Gasteiger partial charge in [0.1, 0.15) is 0 Å². The summed E-state index contributed by atoms with van der Waals surface area (Å²) in [7, 11) is 0. The Morgan fingerprint density at radius 3 is 2.03 bits per heavy atom. The van der Waals surface area contributed by atoms with E-state index in [1.807, 2.05) is 96.8 Å². The molecule has 2 amide bonds. The van der Waals surface area contributed by atoms with E-state index in [-0.39, 0.29) is 17.9 Å². The van der Waals surface area contributed by atoms with Crippen LogP contribution >= 0.6 is 0 Å². The lowest BCUT2D eigenvalue weighted by atomic mass is 10.0. The van der Waals surface area contributed by atoms with Gasteiger partial charge in [-0.2, -0.15) is 0 Å². The summed E-state index contributed by atoms with van der Waals surface area (Å²) in [5, 5.41) is 3.08. The highest BCUT2D eigenvalue weighted by Crippen LogP contribution is 2.15. The summed E-state index contributed by atoms with van der Waals surface area (Å²) in [6, 6.07) is 26.8. The van der Waals surface area contributed by atoms with Gasteiger partial charge < -0.3 is 15.1 Å². The third-order valence-electron chi connectivity index (χ3n) is 5.84. The van der Waals surface area contributed by atoms with Crippen LogP contribution < -0.4 is 10.2 Å². The number of amides is 2. The molecule has 3 aromatic rings. The normalized spacial score (nSPS) is 15.3. The van der Waals surface area contributed by atoms with Crippen LogP contribution in [0.2, 0.25) is 0 Å². The maximum absolute atomic E-state index is 13.3. The van der Waals surface area contributed by atoms with E-state index in [0.29, 0.717) is 18.7 Å². The van der Waals surface area contributed by atoms with Crippen LogP contribution in [0.3, 0.4) is 0 Å². The molecule has 3 aromatic carbocycles. The van der Waals surface area contributed by atoms with Crippen molar-refractivity contribution in [2.45, 2.75) is 13.0 Å². The van der Waals surface area contributed by atoms with Gasteiger partial charge >= 0.3 is 0 Å². The van der Waals surface area contributed by atoms with Gasteiger partial charge in [-0.3, -0.25) is 9.59 Å². The summed E-state index contributed by atoms with van der Waals surface area (Å²) >= 11 is 0. The average Bonchev–Trinajstić information content (AvgIpc) is 2.82. The van der Waals surface area contributed by atoms with Crippen molar-refractivity contribution >= 4 is 17.5 Å². The maximum Gasteiger partial charge on any atom is 0.287 e. The van der Waals surface area contributed by atoms with Crippen molar-refractivity contribution in [3.8, 4) is 0 Å². The molecule has 0 spiro atoms.